The molecule has 106 valence electrons. The molecule has 0 heterocycles. The van der Waals surface area contributed by atoms with Gasteiger partial charge in [0.2, 0.25) is 5.91 Å². The summed E-state index contributed by atoms with van der Waals surface area (Å²) in [6.07, 6.45) is 0. The fourth-order valence-corrected chi connectivity index (χ4v) is 1.81. The maximum Gasteiger partial charge on any atom is 0.230 e. The molecule has 0 spiro atoms. The van der Waals surface area contributed by atoms with Crippen molar-refractivity contribution in [2.24, 2.45) is 5.92 Å². The Hall–Kier alpha value is -1.06. The van der Waals surface area contributed by atoms with Crippen LogP contribution < -0.4 is 5.32 Å². The van der Waals surface area contributed by atoms with E-state index in [9.17, 15) is 4.79 Å². The highest BCUT2D eigenvalue weighted by atomic mass is 35.5. The minimum atomic E-state index is -0.631. The molecule has 1 amide bonds. The van der Waals surface area contributed by atoms with Gasteiger partial charge in [0.1, 0.15) is 0 Å². The summed E-state index contributed by atoms with van der Waals surface area (Å²) in [6.45, 7) is 7.61. The number of halogens is 1. The SMILES string of the molecule is CC(CO)C(C)NC(=O)C(C)(C)c1ccc(Cl)cc1. The monoisotopic (exact) mass is 283 g/mol. The highest BCUT2D eigenvalue weighted by Crippen LogP contribution is 2.25. The Balaban J connectivity index is 2.82. The van der Waals surface area contributed by atoms with Gasteiger partial charge in [-0.15, -0.1) is 0 Å². The largest absolute Gasteiger partial charge is 0.396 e. The second kappa shape index (κ2) is 6.40. The highest BCUT2D eigenvalue weighted by molar-refractivity contribution is 6.30. The Kier molecular flexibility index (Phi) is 5.39. The molecule has 0 saturated carbocycles. The van der Waals surface area contributed by atoms with E-state index in [1.807, 2.05) is 39.8 Å². The van der Waals surface area contributed by atoms with Crippen LogP contribution in [-0.2, 0) is 10.2 Å². The van der Waals surface area contributed by atoms with Gasteiger partial charge in [-0.3, -0.25) is 4.79 Å². The third-order valence-electron chi connectivity index (χ3n) is 3.63. The molecular formula is C15H22ClNO2. The second-order valence-corrected chi connectivity index (χ2v) is 5.99. The van der Waals surface area contributed by atoms with Gasteiger partial charge in [-0.05, 0) is 44.4 Å². The first kappa shape index (κ1) is 16.0. The summed E-state index contributed by atoms with van der Waals surface area (Å²) in [4.78, 5) is 12.4. The van der Waals surface area contributed by atoms with Crippen molar-refractivity contribution >= 4 is 17.5 Å². The molecule has 1 rings (SSSR count). The van der Waals surface area contributed by atoms with Gasteiger partial charge in [0.05, 0.1) is 5.41 Å². The van der Waals surface area contributed by atoms with Crippen molar-refractivity contribution in [2.75, 3.05) is 6.61 Å². The molecule has 2 atom stereocenters. The van der Waals surface area contributed by atoms with Gasteiger partial charge in [-0.2, -0.15) is 0 Å². The third kappa shape index (κ3) is 3.95. The standard InChI is InChI=1S/C15H22ClNO2/c1-10(9-18)11(2)17-14(19)15(3,4)12-5-7-13(16)8-6-12/h5-8,10-11,18H,9H2,1-4H3,(H,17,19). The lowest BCUT2D eigenvalue weighted by Crippen LogP contribution is -2.46. The number of aliphatic hydroxyl groups excluding tert-OH is 1. The predicted octanol–water partition coefficient (Wildman–Crippen LogP) is 2.75. The Bertz CT molecular complexity index is 428. The van der Waals surface area contributed by atoms with Crippen LogP contribution in [0.4, 0.5) is 0 Å². The van der Waals surface area contributed by atoms with Crippen molar-refractivity contribution in [2.45, 2.75) is 39.2 Å². The van der Waals surface area contributed by atoms with Gasteiger partial charge < -0.3 is 10.4 Å². The number of aliphatic hydroxyl groups is 1. The van der Waals surface area contributed by atoms with E-state index in [1.165, 1.54) is 0 Å². The number of benzene rings is 1. The molecule has 1 aromatic carbocycles. The molecule has 0 aromatic heterocycles. The van der Waals surface area contributed by atoms with Crippen LogP contribution in [0.2, 0.25) is 5.02 Å². The van der Waals surface area contributed by atoms with Crippen molar-refractivity contribution in [3.8, 4) is 0 Å². The number of carbonyl (C=O) groups excluding carboxylic acids is 1. The van der Waals surface area contributed by atoms with Crippen molar-refractivity contribution in [1.82, 2.24) is 5.32 Å². The summed E-state index contributed by atoms with van der Waals surface area (Å²) in [7, 11) is 0. The molecule has 19 heavy (non-hydrogen) atoms. The summed E-state index contributed by atoms with van der Waals surface area (Å²) in [5, 5.41) is 12.7. The van der Waals surface area contributed by atoms with Gasteiger partial charge in [0, 0.05) is 17.7 Å². The maximum atomic E-state index is 12.4. The minimum Gasteiger partial charge on any atom is -0.396 e. The first-order valence-electron chi connectivity index (χ1n) is 6.47. The molecule has 2 unspecified atom stereocenters. The van der Waals surface area contributed by atoms with Crippen molar-refractivity contribution in [1.29, 1.82) is 0 Å². The Labute approximate surface area is 120 Å². The molecule has 0 fully saturated rings. The molecule has 3 nitrogen and oxygen atoms in total. The van der Waals surface area contributed by atoms with E-state index < -0.39 is 5.41 Å². The normalized spacial score (nSPS) is 14.8. The molecule has 0 radical (unpaired) electrons. The number of carbonyl (C=O) groups is 1. The fraction of sp³-hybridized carbons (Fsp3) is 0.533. The zero-order valence-corrected chi connectivity index (χ0v) is 12.7. The lowest BCUT2D eigenvalue weighted by molar-refractivity contribution is -0.126. The predicted molar refractivity (Wildman–Crippen MR) is 78.3 cm³/mol. The molecule has 0 aliphatic carbocycles. The average molecular weight is 284 g/mol. The summed E-state index contributed by atoms with van der Waals surface area (Å²) in [5.41, 5.74) is 0.284. The number of rotatable bonds is 5. The third-order valence-corrected chi connectivity index (χ3v) is 3.89. The summed E-state index contributed by atoms with van der Waals surface area (Å²) in [6, 6.07) is 7.23. The van der Waals surface area contributed by atoms with Crippen molar-refractivity contribution in [3.63, 3.8) is 0 Å². The van der Waals surface area contributed by atoms with Crippen LogP contribution in [0.15, 0.2) is 24.3 Å². The number of hydrogen-bond acceptors (Lipinski definition) is 2. The van der Waals surface area contributed by atoms with Crippen LogP contribution in [0, 0.1) is 5.92 Å². The van der Waals surface area contributed by atoms with Crippen molar-refractivity contribution in [3.05, 3.63) is 34.9 Å². The average Bonchev–Trinajstić information content (AvgIpc) is 2.38. The highest BCUT2D eigenvalue weighted by Gasteiger charge is 2.31. The quantitative estimate of drug-likeness (QED) is 0.873. The van der Waals surface area contributed by atoms with E-state index in [0.29, 0.717) is 5.02 Å². The van der Waals surface area contributed by atoms with Crippen LogP contribution in [-0.4, -0.2) is 23.7 Å². The van der Waals surface area contributed by atoms with Gasteiger partial charge >= 0.3 is 0 Å². The first-order chi connectivity index (χ1) is 8.78. The summed E-state index contributed by atoms with van der Waals surface area (Å²) in [5.74, 6) is -0.0207. The molecule has 0 bridgehead atoms. The fourth-order valence-electron chi connectivity index (χ4n) is 1.69. The molecule has 0 aliphatic rings. The van der Waals surface area contributed by atoms with Gasteiger partial charge in [-0.25, -0.2) is 0 Å². The van der Waals surface area contributed by atoms with Crippen LogP contribution in [0.1, 0.15) is 33.3 Å². The smallest absolute Gasteiger partial charge is 0.230 e. The Morgan fingerprint density at radius 3 is 2.32 bits per heavy atom. The number of nitrogens with one attached hydrogen (secondary N) is 1. The van der Waals surface area contributed by atoms with E-state index in [4.69, 9.17) is 16.7 Å². The zero-order valence-electron chi connectivity index (χ0n) is 11.9. The van der Waals surface area contributed by atoms with Crippen LogP contribution in [0.25, 0.3) is 0 Å². The molecule has 1 aromatic rings. The molecule has 2 N–H and O–H groups in total. The van der Waals surface area contributed by atoms with Gasteiger partial charge in [-0.1, -0.05) is 30.7 Å². The topological polar surface area (TPSA) is 49.3 Å². The van der Waals surface area contributed by atoms with Crippen LogP contribution in [0.5, 0.6) is 0 Å². The Morgan fingerprint density at radius 1 is 1.32 bits per heavy atom. The maximum absolute atomic E-state index is 12.4. The summed E-state index contributed by atoms with van der Waals surface area (Å²) >= 11 is 5.86. The van der Waals surface area contributed by atoms with E-state index in [1.54, 1.807) is 12.1 Å². The van der Waals surface area contributed by atoms with Crippen molar-refractivity contribution < 1.29 is 9.90 Å². The molecule has 0 aliphatic heterocycles. The molecule has 4 heteroatoms. The zero-order chi connectivity index (χ0) is 14.6. The van der Waals surface area contributed by atoms with E-state index >= 15 is 0 Å². The molecular weight excluding hydrogens is 262 g/mol. The van der Waals surface area contributed by atoms with Crippen LogP contribution in [0.3, 0.4) is 0 Å². The Morgan fingerprint density at radius 2 is 1.84 bits per heavy atom. The lowest BCUT2D eigenvalue weighted by Gasteiger charge is -2.28. The number of amides is 1. The van der Waals surface area contributed by atoms with Crippen LogP contribution >= 0.6 is 11.6 Å². The van der Waals surface area contributed by atoms with E-state index in [0.717, 1.165) is 5.56 Å². The summed E-state index contributed by atoms with van der Waals surface area (Å²) < 4.78 is 0. The second-order valence-electron chi connectivity index (χ2n) is 5.55. The van der Waals surface area contributed by atoms with E-state index in [-0.39, 0.29) is 24.5 Å². The van der Waals surface area contributed by atoms with E-state index in [2.05, 4.69) is 5.32 Å². The molecule has 0 saturated heterocycles. The van der Waals surface area contributed by atoms with Gasteiger partial charge in [0.15, 0.2) is 0 Å². The van der Waals surface area contributed by atoms with Gasteiger partial charge in [0.25, 0.3) is 0 Å². The minimum absolute atomic E-state index is 0.0324. The lowest BCUT2D eigenvalue weighted by atomic mass is 9.83. The first-order valence-corrected chi connectivity index (χ1v) is 6.84. The number of hydrogen-bond donors (Lipinski definition) is 2.